The Morgan fingerprint density at radius 3 is 2.56 bits per heavy atom. The molecule has 0 bridgehead atoms. The smallest absolute Gasteiger partial charge is 0.317 e. The van der Waals surface area contributed by atoms with E-state index in [2.05, 4.69) is 17.2 Å². The molecule has 1 aromatic heterocycles. The highest BCUT2D eigenvalue weighted by Crippen LogP contribution is 2.24. The van der Waals surface area contributed by atoms with Gasteiger partial charge in [0.2, 0.25) is 10.0 Å². The van der Waals surface area contributed by atoms with Gasteiger partial charge in [0.1, 0.15) is 4.90 Å². The van der Waals surface area contributed by atoms with Crippen LogP contribution in [0.4, 0.5) is 4.79 Å². The van der Waals surface area contributed by atoms with Gasteiger partial charge in [-0.1, -0.05) is 19.8 Å². The van der Waals surface area contributed by atoms with Gasteiger partial charge in [-0.2, -0.15) is 4.31 Å². The number of carbonyl (C=O) groups is 1. The van der Waals surface area contributed by atoms with Crippen molar-refractivity contribution >= 4 is 16.1 Å². The van der Waals surface area contributed by atoms with Gasteiger partial charge in [0.05, 0.1) is 0 Å². The number of nitrogens with zero attached hydrogens (tertiary/aromatic N) is 3. The summed E-state index contributed by atoms with van der Waals surface area (Å²) in [6, 6.07) is 3.32. The molecular formula is C17H26N4O3S. The molecule has 1 aliphatic heterocycles. The first-order chi connectivity index (χ1) is 12.0. The highest BCUT2D eigenvalue weighted by Gasteiger charge is 2.31. The average Bonchev–Trinajstić information content (AvgIpc) is 2.64. The van der Waals surface area contributed by atoms with E-state index in [4.69, 9.17) is 0 Å². The molecule has 0 aromatic carbocycles. The van der Waals surface area contributed by atoms with Crippen LogP contribution in [-0.2, 0) is 10.0 Å². The zero-order valence-corrected chi connectivity index (χ0v) is 15.4. The normalized spacial score (nSPS) is 25.6. The van der Waals surface area contributed by atoms with Crippen molar-refractivity contribution in [2.24, 2.45) is 5.92 Å². The molecule has 138 valence electrons. The quantitative estimate of drug-likeness (QED) is 0.882. The van der Waals surface area contributed by atoms with Crippen molar-refractivity contribution < 1.29 is 13.2 Å². The Hall–Kier alpha value is -1.67. The molecule has 2 unspecified atom stereocenters. The Morgan fingerprint density at radius 2 is 1.92 bits per heavy atom. The molecule has 2 heterocycles. The summed E-state index contributed by atoms with van der Waals surface area (Å²) in [6.07, 6.45) is 7.49. The number of sulfonamides is 1. The molecule has 1 N–H and O–H groups in total. The Kier molecular flexibility index (Phi) is 5.58. The molecule has 0 radical (unpaired) electrons. The van der Waals surface area contributed by atoms with E-state index in [0.717, 1.165) is 19.3 Å². The van der Waals surface area contributed by atoms with Crippen molar-refractivity contribution in [3.63, 3.8) is 0 Å². The number of rotatable bonds is 3. The third-order valence-electron chi connectivity index (χ3n) is 5.22. The number of amides is 2. The fourth-order valence-electron chi connectivity index (χ4n) is 3.56. The van der Waals surface area contributed by atoms with Crippen molar-refractivity contribution in [2.45, 2.75) is 43.5 Å². The Balaban J connectivity index is 1.55. The van der Waals surface area contributed by atoms with Crippen LogP contribution in [0.1, 0.15) is 32.6 Å². The van der Waals surface area contributed by atoms with E-state index in [1.54, 1.807) is 23.2 Å². The molecule has 2 aliphatic rings. The molecule has 0 spiro atoms. The van der Waals surface area contributed by atoms with Crippen LogP contribution < -0.4 is 5.32 Å². The maximum absolute atomic E-state index is 12.6. The Morgan fingerprint density at radius 1 is 1.20 bits per heavy atom. The third-order valence-corrected chi connectivity index (χ3v) is 7.10. The number of urea groups is 1. The minimum absolute atomic E-state index is 0.0721. The highest BCUT2D eigenvalue weighted by atomic mass is 32.2. The molecular weight excluding hydrogens is 340 g/mol. The second-order valence-corrected chi connectivity index (χ2v) is 8.84. The van der Waals surface area contributed by atoms with Crippen LogP contribution in [0.5, 0.6) is 0 Å². The lowest BCUT2D eigenvalue weighted by Crippen LogP contribution is -2.55. The molecule has 2 amide bonds. The van der Waals surface area contributed by atoms with E-state index in [-0.39, 0.29) is 17.0 Å². The van der Waals surface area contributed by atoms with E-state index < -0.39 is 10.0 Å². The number of hydrogen-bond acceptors (Lipinski definition) is 4. The van der Waals surface area contributed by atoms with Crippen molar-refractivity contribution in [3.8, 4) is 0 Å². The first-order valence-corrected chi connectivity index (χ1v) is 10.4. The van der Waals surface area contributed by atoms with E-state index in [1.807, 2.05) is 0 Å². The summed E-state index contributed by atoms with van der Waals surface area (Å²) in [5.41, 5.74) is 0. The van der Waals surface area contributed by atoms with Crippen molar-refractivity contribution in [2.75, 3.05) is 26.2 Å². The summed E-state index contributed by atoms with van der Waals surface area (Å²) < 4.78 is 26.6. The van der Waals surface area contributed by atoms with Crippen LogP contribution in [0.25, 0.3) is 0 Å². The summed E-state index contributed by atoms with van der Waals surface area (Å²) in [4.78, 5) is 18.3. The van der Waals surface area contributed by atoms with Crippen LogP contribution in [0.3, 0.4) is 0 Å². The zero-order valence-electron chi connectivity index (χ0n) is 14.6. The zero-order chi connectivity index (χ0) is 17.9. The minimum Gasteiger partial charge on any atom is -0.335 e. The van der Waals surface area contributed by atoms with Gasteiger partial charge in [-0.05, 0) is 30.9 Å². The maximum atomic E-state index is 12.6. The molecule has 1 aliphatic carbocycles. The Labute approximate surface area is 149 Å². The number of pyridine rings is 1. The van der Waals surface area contributed by atoms with Gasteiger partial charge in [-0.3, -0.25) is 4.98 Å². The molecule has 7 nitrogen and oxygen atoms in total. The van der Waals surface area contributed by atoms with Crippen LogP contribution in [0.15, 0.2) is 29.4 Å². The molecule has 1 aromatic rings. The lowest BCUT2D eigenvalue weighted by molar-refractivity contribution is 0.161. The number of nitrogens with one attached hydrogen (secondary N) is 1. The summed E-state index contributed by atoms with van der Waals surface area (Å²) in [7, 11) is -3.53. The SMILES string of the molecule is CC1CCCCC1NC(=O)N1CCN(S(=O)(=O)c2cccnc2)CC1. The molecule has 8 heteroatoms. The van der Waals surface area contributed by atoms with Gasteiger partial charge in [0.15, 0.2) is 0 Å². The van der Waals surface area contributed by atoms with Crippen molar-refractivity contribution in [3.05, 3.63) is 24.5 Å². The second-order valence-electron chi connectivity index (χ2n) is 6.90. The second kappa shape index (κ2) is 7.70. The van der Waals surface area contributed by atoms with E-state index >= 15 is 0 Å². The van der Waals surface area contributed by atoms with Gasteiger partial charge in [-0.15, -0.1) is 0 Å². The largest absolute Gasteiger partial charge is 0.335 e. The van der Waals surface area contributed by atoms with Gasteiger partial charge >= 0.3 is 6.03 Å². The van der Waals surface area contributed by atoms with E-state index in [1.165, 1.54) is 16.9 Å². The van der Waals surface area contributed by atoms with Gasteiger partial charge < -0.3 is 10.2 Å². The number of aromatic nitrogens is 1. The van der Waals surface area contributed by atoms with Gasteiger partial charge in [-0.25, -0.2) is 13.2 Å². The van der Waals surface area contributed by atoms with Gasteiger partial charge in [0, 0.05) is 44.6 Å². The molecule has 3 rings (SSSR count). The summed E-state index contributed by atoms with van der Waals surface area (Å²) >= 11 is 0. The predicted octanol–water partition coefficient (Wildman–Crippen LogP) is 1.68. The Bertz CT molecular complexity index is 687. The molecule has 1 saturated heterocycles. The number of hydrogen-bond donors (Lipinski definition) is 1. The van der Waals surface area contributed by atoms with Crippen LogP contribution in [0.2, 0.25) is 0 Å². The van der Waals surface area contributed by atoms with E-state index in [0.29, 0.717) is 32.1 Å². The molecule has 2 fully saturated rings. The van der Waals surface area contributed by atoms with Crippen LogP contribution in [-0.4, -0.2) is 60.9 Å². The first-order valence-electron chi connectivity index (χ1n) is 8.94. The first kappa shape index (κ1) is 18.1. The number of carbonyl (C=O) groups excluding carboxylic acids is 1. The van der Waals surface area contributed by atoms with Gasteiger partial charge in [0.25, 0.3) is 0 Å². The molecule has 2 atom stereocenters. The van der Waals surface area contributed by atoms with Crippen LogP contribution >= 0.6 is 0 Å². The minimum atomic E-state index is -3.53. The monoisotopic (exact) mass is 366 g/mol. The fraction of sp³-hybridized carbons (Fsp3) is 0.647. The molecule has 25 heavy (non-hydrogen) atoms. The predicted molar refractivity (Wildman–Crippen MR) is 94.5 cm³/mol. The topological polar surface area (TPSA) is 82.6 Å². The number of piperazine rings is 1. The van der Waals surface area contributed by atoms with Crippen molar-refractivity contribution in [1.82, 2.24) is 19.5 Å². The fourth-order valence-corrected chi connectivity index (χ4v) is 4.95. The standard InChI is InChI=1S/C17H26N4O3S/c1-14-5-2-3-7-16(14)19-17(22)20-9-11-21(12-10-20)25(23,24)15-6-4-8-18-13-15/h4,6,8,13-14,16H,2-3,5,7,9-12H2,1H3,(H,19,22). The molecule has 1 saturated carbocycles. The van der Waals surface area contributed by atoms with E-state index in [9.17, 15) is 13.2 Å². The highest BCUT2D eigenvalue weighted by molar-refractivity contribution is 7.89. The van der Waals surface area contributed by atoms with Crippen LogP contribution in [0, 0.1) is 5.92 Å². The summed E-state index contributed by atoms with van der Waals surface area (Å²) in [5.74, 6) is 0.505. The lowest BCUT2D eigenvalue weighted by atomic mass is 9.86. The summed E-state index contributed by atoms with van der Waals surface area (Å²) in [5, 5.41) is 3.13. The van der Waals surface area contributed by atoms with Crippen molar-refractivity contribution in [1.29, 1.82) is 0 Å². The summed E-state index contributed by atoms with van der Waals surface area (Å²) in [6.45, 7) is 3.62. The average molecular weight is 366 g/mol. The maximum Gasteiger partial charge on any atom is 0.317 e. The third kappa shape index (κ3) is 4.12. The lowest BCUT2D eigenvalue weighted by Gasteiger charge is -2.36.